The van der Waals surface area contributed by atoms with Crippen LogP contribution in [0.1, 0.15) is 59.8 Å². The first-order valence-electron chi connectivity index (χ1n) is 6.51. The van der Waals surface area contributed by atoms with Crippen LogP contribution in [-0.2, 0) is 20.1 Å². The van der Waals surface area contributed by atoms with Crippen molar-refractivity contribution >= 4 is 43.8 Å². The fraction of sp³-hybridized carbons (Fsp3) is 0.571. The normalized spacial score (nSPS) is 11.3. The zero-order valence-corrected chi connectivity index (χ0v) is 15.7. The van der Waals surface area contributed by atoms with Crippen LogP contribution in [-0.4, -0.2) is 29.1 Å². The number of H-pyrrole nitrogens is 1. The summed E-state index contributed by atoms with van der Waals surface area (Å²) >= 11 is 6.69. The standard InChI is InChI=1S/C14H19Br2NO4/c1-5-20-12(18)10-8(6-15)9(7-16)11(17-10)13(19)21-14(2,3)4/h17H,5-7H2,1-4H3. The van der Waals surface area contributed by atoms with Gasteiger partial charge in [0.25, 0.3) is 0 Å². The van der Waals surface area contributed by atoms with Gasteiger partial charge in [-0.15, -0.1) is 0 Å². The third-order valence-corrected chi connectivity index (χ3v) is 3.69. The third-order valence-electron chi connectivity index (χ3n) is 2.57. The lowest BCUT2D eigenvalue weighted by molar-refractivity contribution is 0.00626. The maximum absolute atomic E-state index is 12.3. The van der Waals surface area contributed by atoms with Crippen LogP contribution in [0.4, 0.5) is 0 Å². The van der Waals surface area contributed by atoms with Crippen LogP contribution in [0.3, 0.4) is 0 Å². The molecule has 0 bridgehead atoms. The van der Waals surface area contributed by atoms with Crippen LogP contribution in [0, 0.1) is 0 Å². The molecule has 1 aromatic rings. The molecule has 7 heteroatoms. The molecule has 118 valence electrons. The lowest BCUT2D eigenvalue weighted by Crippen LogP contribution is -2.24. The predicted molar refractivity (Wildman–Crippen MR) is 87.2 cm³/mol. The van der Waals surface area contributed by atoms with Crippen molar-refractivity contribution in [1.29, 1.82) is 0 Å². The largest absolute Gasteiger partial charge is 0.461 e. The third kappa shape index (κ3) is 4.57. The zero-order valence-electron chi connectivity index (χ0n) is 12.5. The number of hydrogen-bond donors (Lipinski definition) is 1. The molecule has 1 N–H and O–H groups in total. The van der Waals surface area contributed by atoms with Gasteiger partial charge >= 0.3 is 11.9 Å². The molecule has 0 amide bonds. The summed E-state index contributed by atoms with van der Waals surface area (Å²) in [6, 6.07) is 0. The Balaban J connectivity index is 3.27. The Bertz CT molecular complexity index is 532. The van der Waals surface area contributed by atoms with Crippen molar-refractivity contribution in [2.75, 3.05) is 6.61 Å². The Labute approximate surface area is 141 Å². The molecular formula is C14H19Br2NO4. The molecule has 1 rings (SSSR count). The van der Waals surface area contributed by atoms with E-state index in [1.165, 1.54) is 0 Å². The summed E-state index contributed by atoms with van der Waals surface area (Å²) in [7, 11) is 0. The van der Waals surface area contributed by atoms with Gasteiger partial charge in [-0.3, -0.25) is 0 Å². The van der Waals surface area contributed by atoms with E-state index >= 15 is 0 Å². The Morgan fingerprint density at radius 2 is 1.52 bits per heavy atom. The van der Waals surface area contributed by atoms with Crippen molar-refractivity contribution in [2.45, 2.75) is 44.0 Å². The van der Waals surface area contributed by atoms with E-state index in [1.807, 2.05) is 0 Å². The number of nitrogens with one attached hydrogen (secondary N) is 1. The van der Waals surface area contributed by atoms with Crippen LogP contribution in [0.25, 0.3) is 0 Å². The average molecular weight is 425 g/mol. The SMILES string of the molecule is CCOC(=O)c1[nH]c(C(=O)OC(C)(C)C)c(CBr)c1CBr. The summed E-state index contributed by atoms with van der Waals surface area (Å²) in [5.74, 6) is -0.973. The van der Waals surface area contributed by atoms with Gasteiger partial charge in [0.15, 0.2) is 0 Å². The molecule has 0 spiro atoms. The lowest BCUT2D eigenvalue weighted by Gasteiger charge is -2.19. The number of aromatic nitrogens is 1. The minimum Gasteiger partial charge on any atom is -0.461 e. The van der Waals surface area contributed by atoms with E-state index in [0.29, 0.717) is 21.8 Å². The zero-order chi connectivity index (χ0) is 16.2. The summed E-state index contributed by atoms with van der Waals surface area (Å²) in [5, 5.41) is 0.861. The molecule has 1 aromatic heterocycles. The maximum Gasteiger partial charge on any atom is 0.355 e. The molecule has 0 fully saturated rings. The molecular weight excluding hydrogens is 406 g/mol. The highest BCUT2D eigenvalue weighted by Gasteiger charge is 2.28. The van der Waals surface area contributed by atoms with Gasteiger partial charge < -0.3 is 14.5 Å². The van der Waals surface area contributed by atoms with Gasteiger partial charge in [0.1, 0.15) is 17.0 Å². The molecule has 0 radical (unpaired) electrons. The number of rotatable bonds is 5. The molecule has 5 nitrogen and oxygen atoms in total. The van der Waals surface area contributed by atoms with Gasteiger partial charge in [0.05, 0.1) is 6.61 Å². The second kappa shape index (κ2) is 7.45. The minimum atomic E-state index is -0.607. The fourth-order valence-electron chi connectivity index (χ4n) is 1.75. The summed E-state index contributed by atoms with van der Waals surface area (Å²) in [5.41, 5.74) is 1.35. The summed E-state index contributed by atoms with van der Waals surface area (Å²) < 4.78 is 10.4. The van der Waals surface area contributed by atoms with Crippen LogP contribution in [0.5, 0.6) is 0 Å². The Morgan fingerprint density at radius 1 is 1.05 bits per heavy atom. The van der Waals surface area contributed by atoms with E-state index in [1.54, 1.807) is 27.7 Å². The number of ether oxygens (including phenoxy) is 2. The first-order chi connectivity index (χ1) is 9.75. The van der Waals surface area contributed by atoms with Crippen molar-refractivity contribution in [1.82, 2.24) is 4.98 Å². The van der Waals surface area contributed by atoms with Crippen molar-refractivity contribution in [2.24, 2.45) is 0 Å². The number of hydrogen-bond acceptors (Lipinski definition) is 4. The molecule has 0 unspecified atom stereocenters. The molecule has 0 aromatic carbocycles. The summed E-state index contributed by atoms with van der Waals surface area (Å²) in [4.78, 5) is 27.1. The number of alkyl halides is 2. The summed E-state index contributed by atoms with van der Waals surface area (Å²) in [6.07, 6.45) is 0. The lowest BCUT2D eigenvalue weighted by atomic mass is 10.1. The van der Waals surface area contributed by atoms with Crippen molar-refractivity contribution in [3.63, 3.8) is 0 Å². The maximum atomic E-state index is 12.3. The first-order valence-corrected chi connectivity index (χ1v) is 8.75. The molecule has 0 atom stereocenters. The highest BCUT2D eigenvalue weighted by atomic mass is 79.9. The highest BCUT2D eigenvalue weighted by molar-refractivity contribution is 9.09. The van der Waals surface area contributed by atoms with Crippen LogP contribution in [0.15, 0.2) is 0 Å². The van der Waals surface area contributed by atoms with Gasteiger partial charge in [-0.05, 0) is 27.7 Å². The van der Waals surface area contributed by atoms with E-state index < -0.39 is 17.5 Å². The van der Waals surface area contributed by atoms with Crippen molar-refractivity contribution in [3.05, 3.63) is 22.5 Å². The quantitative estimate of drug-likeness (QED) is 0.574. The van der Waals surface area contributed by atoms with E-state index in [4.69, 9.17) is 9.47 Å². The monoisotopic (exact) mass is 423 g/mol. The molecule has 0 aliphatic carbocycles. The van der Waals surface area contributed by atoms with Gasteiger partial charge in [-0.1, -0.05) is 31.9 Å². The van der Waals surface area contributed by atoms with Gasteiger partial charge in [-0.2, -0.15) is 0 Å². The van der Waals surface area contributed by atoms with Crippen molar-refractivity contribution in [3.8, 4) is 0 Å². The minimum absolute atomic E-state index is 0.269. The predicted octanol–water partition coefficient (Wildman–Crippen LogP) is 3.94. The first kappa shape index (κ1) is 18.2. The molecule has 0 aliphatic heterocycles. The Morgan fingerprint density at radius 3 is 1.90 bits per heavy atom. The van der Waals surface area contributed by atoms with E-state index in [0.717, 1.165) is 0 Å². The highest BCUT2D eigenvalue weighted by Crippen LogP contribution is 2.26. The second-order valence-electron chi connectivity index (χ2n) is 5.32. The summed E-state index contributed by atoms with van der Waals surface area (Å²) in [6.45, 7) is 7.37. The van der Waals surface area contributed by atoms with E-state index in [2.05, 4.69) is 36.8 Å². The van der Waals surface area contributed by atoms with Crippen LogP contribution >= 0.6 is 31.9 Å². The number of esters is 2. The smallest absolute Gasteiger partial charge is 0.355 e. The van der Waals surface area contributed by atoms with Gasteiger partial charge in [-0.25, -0.2) is 9.59 Å². The molecule has 1 heterocycles. The Hall–Kier alpha value is -0.820. The second-order valence-corrected chi connectivity index (χ2v) is 6.44. The fourth-order valence-corrected chi connectivity index (χ4v) is 2.99. The number of carbonyl (C=O) groups excluding carboxylic acids is 2. The van der Waals surface area contributed by atoms with E-state index in [-0.39, 0.29) is 18.0 Å². The number of carbonyl (C=O) groups is 2. The van der Waals surface area contributed by atoms with Gasteiger partial charge in [0.2, 0.25) is 0 Å². The van der Waals surface area contributed by atoms with Crippen molar-refractivity contribution < 1.29 is 19.1 Å². The topological polar surface area (TPSA) is 68.4 Å². The van der Waals surface area contributed by atoms with Crippen LogP contribution in [0.2, 0.25) is 0 Å². The number of halogens is 2. The van der Waals surface area contributed by atoms with Gasteiger partial charge in [0, 0.05) is 21.8 Å². The van der Waals surface area contributed by atoms with Crippen LogP contribution < -0.4 is 0 Å². The molecule has 0 aliphatic rings. The number of aromatic amines is 1. The Kier molecular flexibility index (Phi) is 6.46. The molecule has 0 saturated carbocycles. The molecule has 21 heavy (non-hydrogen) atoms. The molecule has 0 saturated heterocycles. The van der Waals surface area contributed by atoms with E-state index in [9.17, 15) is 9.59 Å². The average Bonchev–Trinajstić information content (AvgIpc) is 2.75.